The van der Waals surface area contributed by atoms with Gasteiger partial charge in [-0.15, -0.1) is 0 Å². The Bertz CT molecular complexity index is 2860. The molecule has 1 spiro atoms. The van der Waals surface area contributed by atoms with Crippen molar-refractivity contribution in [1.29, 1.82) is 0 Å². The Morgan fingerprint density at radius 2 is 1.63 bits per heavy atom. The minimum atomic E-state index is -2.35. The van der Waals surface area contributed by atoms with Gasteiger partial charge in [-0.2, -0.15) is 0 Å². The molecule has 16 nitrogen and oxygen atoms in total. The average Bonchev–Trinajstić information content (AvgIpc) is 4.03. The van der Waals surface area contributed by atoms with Gasteiger partial charge >= 0.3 is 17.9 Å². The monoisotopic (exact) mass is 970 g/mol. The maximum absolute atomic E-state index is 15.7. The van der Waals surface area contributed by atoms with Gasteiger partial charge in [0, 0.05) is 109 Å². The van der Waals surface area contributed by atoms with Crippen LogP contribution in [-0.2, 0) is 50.6 Å². The van der Waals surface area contributed by atoms with E-state index in [1.807, 2.05) is 55.3 Å². The number of aromatic nitrogens is 1. The molecule has 71 heavy (non-hydrogen) atoms. The molecule has 3 fully saturated rings. The fourth-order valence-electron chi connectivity index (χ4n) is 14.9. The Morgan fingerprint density at radius 3 is 2.31 bits per heavy atom. The maximum Gasteiger partial charge on any atom is 0.344 e. The number of esters is 3. The van der Waals surface area contributed by atoms with E-state index in [1.165, 1.54) is 28.1 Å². The number of rotatable bonds is 10. The van der Waals surface area contributed by atoms with Crippen LogP contribution in [0.25, 0.3) is 10.9 Å². The number of carbonyl (C=O) groups excluding carboxylic acids is 5. The first-order chi connectivity index (χ1) is 34.0. The lowest BCUT2D eigenvalue weighted by Crippen LogP contribution is -2.81. The Balaban J connectivity index is 1.18. The summed E-state index contributed by atoms with van der Waals surface area (Å²) in [6.07, 6.45) is 5.79. The fraction of sp³-hybridized carbons (Fsp3) is 0.509. The van der Waals surface area contributed by atoms with E-state index in [1.54, 1.807) is 31.4 Å². The number of methoxy groups -OCH3 is 3. The lowest BCUT2D eigenvalue weighted by molar-refractivity contribution is -0.228. The summed E-state index contributed by atoms with van der Waals surface area (Å²) in [5.41, 5.74) is -0.759. The van der Waals surface area contributed by atoms with Gasteiger partial charge < -0.3 is 49.5 Å². The van der Waals surface area contributed by atoms with E-state index in [0.29, 0.717) is 98.8 Å². The number of benzene rings is 3. The predicted molar refractivity (Wildman–Crippen MR) is 266 cm³/mol. The number of aliphatic hydroxyl groups is 1. The molecule has 1 saturated carbocycles. The number of ether oxygens (including phenoxy) is 4. The molecule has 6 aliphatic rings. The average molecular weight is 971 g/mol. The number of hydrogen-bond acceptors (Lipinski definition) is 13. The van der Waals surface area contributed by atoms with Gasteiger partial charge in [-0.3, -0.25) is 24.1 Å². The number of para-hydroxylation sites is 1. The first kappa shape index (κ1) is 48.4. The number of fused-ring (bicyclic) bond motifs is 6. The van der Waals surface area contributed by atoms with Gasteiger partial charge in [0.05, 0.1) is 32.9 Å². The number of carbonyl (C=O) groups is 5. The summed E-state index contributed by atoms with van der Waals surface area (Å²) in [6.45, 7) is 9.98. The van der Waals surface area contributed by atoms with Crippen molar-refractivity contribution in [3.05, 3.63) is 101 Å². The molecule has 16 heteroatoms. The summed E-state index contributed by atoms with van der Waals surface area (Å²) in [5, 5.41) is 20.7. The van der Waals surface area contributed by atoms with E-state index in [-0.39, 0.29) is 30.2 Å². The number of amides is 2. The van der Waals surface area contributed by atoms with E-state index in [2.05, 4.69) is 44.5 Å². The van der Waals surface area contributed by atoms with Gasteiger partial charge in [0.2, 0.25) is 11.5 Å². The third kappa shape index (κ3) is 6.98. The molecule has 4 aromatic rings. The smallest absolute Gasteiger partial charge is 0.344 e. The number of nitrogens with zero attached hydrogens (tertiary/aromatic N) is 3. The molecular weight excluding hydrogens is 905 g/mol. The Hall–Kier alpha value is -6.23. The second-order valence-corrected chi connectivity index (χ2v) is 21.0. The van der Waals surface area contributed by atoms with Gasteiger partial charge in [-0.05, 0) is 98.5 Å². The quantitative estimate of drug-likeness (QED) is 0.0901. The Labute approximate surface area is 414 Å². The molecule has 1 aliphatic carbocycles. The van der Waals surface area contributed by atoms with Crippen LogP contribution in [0.4, 0.5) is 11.4 Å². The molecule has 2 amide bonds. The van der Waals surface area contributed by atoms with Crippen molar-refractivity contribution in [2.45, 2.75) is 106 Å². The van der Waals surface area contributed by atoms with Crippen LogP contribution in [0, 0.1) is 11.3 Å². The number of piperidine rings is 1. The molecule has 4 N–H and O–H groups in total. The van der Waals surface area contributed by atoms with E-state index >= 15 is 4.79 Å². The zero-order chi connectivity index (χ0) is 50.4. The molecule has 2 saturated heterocycles. The largest absolute Gasteiger partial charge is 0.496 e. The molecule has 0 radical (unpaired) electrons. The highest BCUT2D eigenvalue weighted by atomic mass is 16.6. The van der Waals surface area contributed by atoms with Gasteiger partial charge in [-0.1, -0.05) is 44.2 Å². The molecule has 5 aliphatic heterocycles. The third-order valence-electron chi connectivity index (χ3n) is 17.5. The van der Waals surface area contributed by atoms with Gasteiger partial charge in [-0.25, -0.2) is 4.79 Å². The van der Waals surface area contributed by atoms with Crippen LogP contribution in [0.3, 0.4) is 0 Å². The van der Waals surface area contributed by atoms with Crippen LogP contribution >= 0.6 is 0 Å². The molecule has 10 rings (SSSR count). The van der Waals surface area contributed by atoms with Crippen LogP contribution in [0.1, 0.15) is 92.5 Å². The lowest BCUT2D eigenvalue weighted by Gasteiger charge is -2.63. The van der Waals surface area contributed by atoms with Crippen LogP contribution in [0.5, 0.6) is 5.75 Å². The molecule has 1 unspecified atom stereocenters. The summed E-state index contributed by atoms with van der Waals surface area (Å²) < 4.78 is 24.3. The van der Waals surface area contributed by atoms with Crippen molar-refractivity contribution >= 4 is 52.0 Å². The number of nitrogens with one attached hydrogen (secondary N) is 3. The van der Waals surface area contributed by atoms with Crippen LogP contribution in [0.15, 0.2) is 72.8 Å². The standard InChI is InChI=1S/C55H66N6O10/c1-9-51(58-45(64)35-16-18-36(19-17-35)56-32(3)62)28-34-29-54(49(65)69-7,44-38(20-24-60(30-34)31-51)37-14-11-12-15-41(37)57-44)40-26-39-42(27-43(40)68-6)59(5)47-53(39)22-25-61-23-13-21-52(10-2,46(53)61)48(71-33(4)63)55(47,67)50(66)70-8/h11-19,21,26-27,34,46-48,57,67H,9-10,20,22-25,28-31H2,1-8H3,(H,56,62)(H,58,64)/t34-,46+,47-,48-,51+,52-,53-,54+,55+/m1/s1. The lowest BCUT2D eigenvalue weighted by atomic mass is 9.47. The zero-order valence-electron chi connectivity index (χ0n) is 42.0. The molecule has 376 valence electrons. The summed E-state index contributed by atoms with van der Waals surface area (Å²) in [7, 11) is 6.12. The van der Waals surface area contributed by atoms with Crippen LogP contribution < -0.4 is 20.3 Å². The van der Waals surface area contributed by atoms with Crippen LogP contribution in [0.2, 0.25) is 0 Å². The first-order valence-corrected chi connectivity index (χ1v) is 25.0. The Morgan fingerprint density at radius 1 is 0.887 bits per heavy atom. The molecule has 2 bridgehead atoms. The van der Waals surface area contributed by atoms with E-state index < -0.39 is 57.4 Å². The second-order valence-electron chi connectivity index (χ2n) is 21.0. The third-order valence-corrected chi connectivity index (χ3v) is 17.5. The predicted octanol–water partition coefficient (Wildman–Crippen LogP) is 5.39. The van der Waals surface area contributed by atoms with Gasteiger partial charge in [0.15, 0.2) is 6.10 Å². The van der Waals surface area contributed by atoms with Crippen molar-refractivity contribution in [2.24, 2.45) is 11.3 Å². The summed E-state index contributed by atoms with van der Waals surface area (Å²) in [6, 6.07) is 17.7. The van der Waals surface area contributed by atoms with Crippen molar-refractivity contribution in [3.63, 3.8) is 0 Å². The van der Waals surface area contributed by atoms with E-state index in [4.69, 9.17) is 18.9 Å². The first-order valence-electron chi connectivity index (χ1n) is 25.0. The summed E-state index contributed by atoms with van der Waals surface area (Å²) in [4.78, 5) is 80.0. The maximum atomic E-state index is 15.7. The Kier molecular flexibility index (Phi) is 11.9. The normalized spacial score (nSPS) is 32.5. The molecule has 1 aromatic heterocycles. The van der Waals surface area contributed by atoms with Gasteiger partial charge in [0.1, 0.15) is 11.2 Å². The van der Waals surface area contributed by atoms with Crippen molar-refractivity contribution in [1.82, 2.24) is 20.1 Å². The van der Waals surface area contributed by atoms with Crippen molar-refractivity contribution in [3.8, 4) is 5.75 Å². The van der Waals surface area contributed by atoms with E-state index in [0.717, 1.165) is 22.0 Å². The molecule has 6 heterocycles. The SMILES string of the molecule is CC[C@]1(NC(=O)c2ccc(NC(C)=O)cc2)C[C@H]2CN(CCc3c([nH]c4ccccc34)[C@@](C(=O)OC)(c3cc4c(cc3OC)N(C)[C@H]3[C@@](O)(C(=O)OC)[C@H](OC(C)=O)[C@]5(CC)C=CCN6CC[C@]43[C@@H]65)C2)C1. The highest BCUT2D eigenvalue weighted by molar-refractivity contribution is 5.97. The second kappa shape index (κ2) is 17.5. The summed E-state index contributed by atoms with van der Waals surface area (Å²) in [5.74, 6) is -2.18. The number of aromatic amines is 1. The van der Waals surface area contributed by atoms with Gasteiger partial charge in [0.25, 0.3) is 5.91 Å². The topological polar surface area (TPSA) is 192 Å². The molecule has 10 atom stereocenters. The zero-order valence-corrected chi connectivity index (χ0v) is 42.0. The minimum absolute atomic E-state index is 0.170. The highest BCUT2D eigenvalue weighted by Crippen LogP contribution is 2.68. The summed E-state index contributed by atoms with van der Waals surface area (Å²) >= 11 is 0. The molecule has 3 aromatic carbocycles. The molecular formula is C55H66N6O10. The van der Waals surface area contributed by atoms with Crippen molar-refractivity contribution in [2.75, 3.05) is 71.3 Å². The number of likely N-dealkylation sites (N-methyl/N-ethyl adjacent to an activating group) is 1. The van der Waals surface area contributed by atoms with Crippen molar-refractivity contribution < 1.29 is 48.0 Å². The number of H-pyrrole nitrogens is 1. The highest BCUT2D eigenvalue weighted by Gasteiger charge is 2.80. The minimum Gasteiger partial charge on any atom is -0.496 e. The number of anilines is 2. The number of hydrogen-bond donors (Lipinski definition) is 4. The van der Waals surface area contributed by atoms with Crippen LogP contribution in [-0.4, -0.2) is 140 Å². The van der Waals surface area contributed by atoms with E-state index in [9.17, 15) is 24.3 Å². The fourth-order valence-corrected chi connectivity index (χ4v) is 14.9.